The van der Waals surface area contributed by atoms with E-state index in [9.17, 15) is 14.4 Å². The minimum atomic E-state index is -0.518. The molecule has 0 saturated carbocycles. The molecule has 12 nitrogen and oxygen atoms in total. The highest BCUT2D eigenvalue weighted by atomic mass is 16.5. The van der Waals surface area contributed by atoms with Crippen molar-refractivity contribution in [3.8, 4) is 0 Å². The molecular weight excluding hydrogens is 514 g/mol. The predicted octanol–water partition coefficient (Wildman–Crippen LogP) is 1.72. The lowest BCUT2D eigenvalue weighted by Gasteiger charge is -2.33. The number of likely N-dealkylation sites (tertiary alicyclic amines) is 1. The number of morpholine rings is 1. The van der Waals surface area contributed by atoms with Gasteiger partial charge in [0.1, 0.15) is 18.0 Å². The first-order valence-electron chi connectivity index (χ1n) is 13.3. The highest BCUT2D eigenvalue weighted by Gasteiger charge is 2.27. The molecule has 3 aromatic rings. The maximum atomic E-state index is 13.2. The van der Waals surface area contributed by atoms with E-state index in [1.54, 1.807) is 21.7 Å². The molecule has 0 unspecified atom stereocenters. The van der Waals surface area contributed by atoms with Crippen molar-refractivity contribution >= 4 is 39.3 Å². The van der Waals surface area contributed by atoms with Gasteiger partial charge in [-0.05, 0) is 31.9 Å². The normalized spacial score (nSPS) is 17.6. The number of hydrogen-bond donors (Lipinski definition) is 1. The highest BCUT2D eigenvalue weighted by molar-refractivity contribution is 6.01. The summed E-state index contributed by atoms with van der Waals surface area (Å²) in [6.45, 7) is 9.77. The lowest BCUT2D eigenvalue weighted by Crippen LogP contribution is -2.43. The molecule has 2 aliphatic heterocycles. The van der Waals surface area contributed by atoms with Crippen LogP contribution >= 0.6 is 0 Å². The molecule has 1 N–H and O–H groups in total. The van der Waals surface area contributed by atoms with E-state index in [-0.39, 0.29) is 23.9 Å². The number of amides is 1. The molecule has 0 aliphatic carbocycles. The van der Waals surface area contributed by atoms with Crippen LogP contribution in [-0.4, -0.2) is 94.2 Å². The van der Waals surface area contributed by atoms with Gasteiger partial charge in [0.2, 0.25) is 5.91 Å². The van der Waals surface area contributed by atoms with E-state index < -0.39 is 11.2 Å². The zero-order valence-corrected chi connectivity index (χ0v) is 22.8. The molecular formula is C28H33N7O5. The van der Waals surface area contributed by atoms with Crippen molar-refractivity contribution in [2.24, 2.45) is 4.99 Å². The van der Waals surface area contributed by atoms with Gasteiger partial charge in [0.15, 0.2) is 0 Å². The second kappa shape index (κ2) is 11.9. The van der Waals surface area contributed by atoms with Crippen LogP contribution in [0, 0.1) is 0 Å². The number of methoxy groups -OCH3 is 1. The number of aromatic nitrogens is 4. The van der Waals surface area contributed by atoms with E-state index in [1.165, 1.54) is 13.3 Å². The Morgan fingerprint density at radius 2 is 1.95 bits per heavy atom. The Kier molecular flexibility index (Phi) is 8.17. The number of aromatic amines is 1. The molecule has 1 amide bonds. The number of allylic oxidation sites excluding steroid dienone is 2. The molecule has 40 heavy (non-hydrogen) atoms. The van der Waals surface area contributed by atoms with Crippen molar-refractivity contribution < 1.29 is 14.3 Å². The third-order valence-electron chi connectivity index (χ3n) is 7.44. The molecule has 2 fully saturated rings. The minimum Gasteiger partial charge on any atom is -0.378 e. The fourth-order valence-electron chi connectivity index (χ4n) is 5.24. The van der Waals surface area contributed by atoms with Gasteiger partial charge < -0.3 is 19.3 Å². The molecule has 210 valence electrons. The van der Waals surface area contributed by atoms with Crippen molar-refractivity contribution in [3.63, 3.8) is 0 Å². The molecule has 3 aromatic heterocycles. The van der Waals surface area contributed by atoms with Crippen molar-refractivity contribution in [2.75, 3.05) is 53.1 Å². The third kappa shape index (κ3) is 5.45. The molecule has 0 aromatic carbocycles. The third-order valence-corrected chi connectivity index (χ3v) is 7.44. The quantitative estimate of drug-likeness (QED) is 0.213. The van der Waals surface area contributed by atoms with Gasteiger partial charge in [-0.3, -0.25) is 24.1 Å². The maximum Gasteiger partial charge on any atom is 0.329 e. The zero-order chi connectivity index (χ0) is 28.2. The number of H-pyrrole nitrogens is 1. The standard InChI is InChI=1S/C28H33N7O5/c1-4-19(15-29-18(2)33-11-13-40-14-12-33)22-5-6-23-25(31-22)26-21(16-30-23)27(37)32-28(38)35(26)20-7-9-34(10-8-20)24(36)17-39-3/h4-6,15-16,20H,1,7-14,17H2,2-3H3,(H,32,37,38)/b19-15+,29-18?. The first-order chi connectivity index (χ1) is 19.4. The summed E-state index contributed by atoms with van der Waals surface area (Å²) >= 11 is 0. The Labute approximate surface area is 230 Å². The first-order valence-corrected chi connectivity index (χ1v) is 13.3. The smallest absolute Gasteiger partial charge is 0.329 e. The number of pyridine rings is 2. The van der Waals surface area contributed by atoms with Crippen molar-refractivity contribution in [2.45, 2.75) is 25.8 Å². The van der Waals surface area contributed by atoms with Crippen LogP contribution in [0.1, 0.15) is 31.5 Å². The summed E-state index contributed by atoms with van der Waals surface area (Å²) in [7, 11) is 1.49. The van der Waals surface area contributed by atoms with Gasteiger partial charge in [-0.25, -0.2) is 14.8 Å². The summed E-state index contributed by atoms with van der Waals surface area (Å²) in [5.74, 6) is 0.780. The molecule has 0 atom stereocenters. The van der Waals surface area contributed by atoms with E-state index in [4.69, 9.17) is 14.5 Å². The molecule has 0 radical (unpaired) electrons. The van der Waals surface area contributed by atoms with Gasteiger partial charge >= 0.3 is 5.69 Å². The van der Waals surface area contributed by atoms with Gasteiger partial charge in [0, 0.05) is 57.3 Å². The van der Waals surface area contributed by atoms with Crippen LogP contribution in [-0.2, 0) is 14.3 Å². The van der Waals surface area contributed by atoms with Crippen molar-refractivity contribution in [1.82, 2.24) is 29.3 Å². The van der Waals surface area contributed by atoms with Gasteiger partial charge in [-0.1, -0.05) is 12.7 Å². The largest absolute Gasteiger partial charge is 0.378 e. The number of piperidine rings is 1. The zero-order valence-electron chi connectivity index (χ0n) is 22.8. The van der Waals surface area contributed by atoms with Crippen molar-refractivity contribution in [3.05, 3.63) is 63.7 Å². The molecule has 2 aliphatic rings. The Morgan fingerprint density at radius 1 is 1.20 bits per heavy atom. The lowest BCUT2D eigenvalue weighted by atomic mass is 10.0. The van der Waals surface area contributed by atoms with E-state index >= 15 is 0 Å². The van der Waals surface area contributed by atoms with Gasteiger partial charge in [0.05, 0.1) is 35.3 Å². The monoisotopic (exact) mass is 547 g/mol. The second-order valence-corrected chi connectivity index (χ2v) is 9.82. The van der Waals surface area contributed by atoms with Crippen LogP contribution in [0.25, 0.3) is 27.5 Å². The van der Waals surface area contributed by atoms with Crippen LogP contribution in [0.3, 0.4) is 0 Å². The number of nitrogens with zero attached hydrogens (tertiary/aromatic N) is 6. The number of rotatable bonds is 6. The van der Waals surface area contributed by atoms with Gasteiger partial charge in [-0.2, -0.15) is 0 Å². The number of carbonyl (C=O) groups excluding carboxylic acids is 1. The average Bonchev–Trinajstić information content (AvgIpc) is 2.98. The molecule has 5 rings (SSSR count). The van der Waals surface area contributed by atoms with E-state index in [0.29, 0.717) is 67.0 Å². The summed E-state index contributed by atoms with van der Waals surface area (Å²) in [6, 6.07) is 3.41. The Morgan fingerprint density at radius 3 is 2.65 bits per heavy atom. The number of nitrogens with one attached hydrogen (secondary N) is 1. The lowest BCUT2D eigenvalue weighted by molar-refractivity contribution is -0.136. The summed E-state index contributed by atoms with van der Waals surface area (Å²) < 4.78 is 12.0. The number of amidine groups is 1. The summed E-state index contributed by atoms with van der Waals surface area (Å²) in [5.41, 5.74) is 1.68. The maximum absolute atomic E-state index is 13.2. The Hall–Kier alpha value is -4.16. The number of ether oxygens (including phenoxy) is 2. The van der Waals surface area contributed by atoms with Crippen molar-refractivity contribution in [1.29, 1.82) is 0 Å². The fraction of sp³-hybridized carbons (Fsp3) is 0.429. The van der Waals surface area contributed by atoms with Crippen LogP contribution in [0.4, 0.5) is 0 Å². The Balaban J connectivity index is 1.57. The average molecular weight is 548 g/mol. The van der Waals surface area contributed by atoms with Crippen LogP contribution in [0.15, 0.2) is 51.8 Å². The number of aliphatic imine (C=N–C) groups is 1. The molecule has 2 saturated heterocycles. The number of carbonyl (C=O) groups is 1. The van der Waals surface area contributed by atoms with E-state index in [1.807, 2.05) is 19.1 Å². The van der Waals surface area contributed by atoms with Crippen LogP contribution in [0.5, 0.6) is 0 Å². The fourth-order valence-corrected chi connectivity index (χ4v) is 5.24. The molecule has 0 spiro atoms. The summed E-state index contributed by atoms with van der Waals surface area (Å²) in [6.07, 6.45) is 5.97. The van der Waals surface area contributed by atoms with Gasteiger partial charge in [0.25, 0.3) is 5.56 Å². The second-order valence-electron chi connectivity index (χ2n) is 9.82. The first kappa shape index (κ1) is 27.4. The van der Waals surface area contributed by atoms with Crippen LogP contribution < -0.4 is 11.2 Å². The minimum absolute atomic E-state index is 0.0182. The summed E-state index contributed by atoms with van der Waals surface area (Å²) in [5, 5.41) is 0.278. The van der Waals surface area contributed by atoms with E-state index in [2.05, 4.69) is 26.4 Å². The van der Waals surface area contributed by atoms with Gasteiger partial charge in [-0.15, -0.1) is 0 Å². The van der Waals surface area contributed by atoms with Crippen LogP contribution in [0.2, 0.25) is 0 Å². The predicted molar refractivity (Wildman–Crippen MR) is 152 cm³/mol. The SMILES string of the molecule is C=C/C(=C\N=C(C)N1CCOCC1)c1ccc2ncc3c(=O)[nH]c(=O)n(C4CCN(C(=O)COC)CC4)c3c2n1. The Bertz CT molecular complexity index is 1610. The summed E-state index contributed by atoms with van der Waals surface area (Å²) in [4.78, 5) is 58.6. The number of hydrogen-bond acceptors (Lipinski definition) is 8. The molecule has 12 heteroatoms. The van der Waals surface area contributed by atoms with E-state index in [0.717, 1.165) is 18.9 Å². The highest BCUT2D eigenvalue weighted by Crippen LogP contribution is 2.28. The topological polar surface area (TPSA) is 135 Å². The number of fused-ring (bicyclic) bond motifs is 3. The molecule has 0 bridgehead atoms. The molecule has 5 heterocycles.